The maximum Gasteiger partial charge on any atom is 0.306 e. The van der Waals surface area contributed by atoms with Gasteiger partial charge in [-0.3, -0.25) is 4.79 Å². The van der Waals surface area contributed by atoms with Gasteiger partial charge in [-0.15, -0.1) is 0 Å². The number of carbonyl (C=O) groups is 1. The second-order valence-electron chi connectivity index (χ2n) is 3.56. The Morgan fingerprint density at radius 3 is 2.69 bits per heavy atom. The van der Waals surface area contributed by atoms with Gasteiger partial charge in [-0.1, -0.05) is 6.92 Å². The standard InChI is InChI=1S/C11H13BrO4/c1-6(11(14)15)3-7-4-8(12)10(16-2)5-9(7)13/h4-6,13H,3H2,1-2H3,(H,14,15). The molecule has 0 saturated heterocycles. The Morgan fingerprint density at radius 1 is 1.56 bits per heavy atom. The summed E-state index contributed by atoms with van der Waals surface area (Å²) in [6.07, 6.45) is 0.282. The summed E-state index contributed by atoms with van der Waals surface area (Å²) in [5.74, 6) is -0.852. The van der Waals surface area contributed by atoms with Crippen LogP contribution in [0.15, 0.2) is 16.6 Å². The minimum atomic E-state index is -0.883. The van der Waals surface area contributed by atoms with Crippen molar-refractivity contribution in [1.82, 2.24) is 0 Å². The van der Waals surface area contributed by atoms with Gasteiger partial charge in [0.05, 0.1) is 17.5 Å². The first kappa shape index (κ1) is 12.8. The number of aromatic hydroxyl groups is 1. The van der Waals surface area contributed by atoms with Gasteiger partial charge in [-0.2, -0.15) is 0 Å². The maximum atomic E-state index is 10.7. The van der Waals surface area contributed by atoms with E-state index >= 15 is 0 Å². The Labute approximate surface area is 102 Å². The van der Waals surface area contributed by atoms with Crippen LogP contribution in [0.5, 0.6) is 11.5 Å². The molecule has 1 rings (SSSR count). The molecule has 0 aliphatic heterocycles. The van der Waals surface area contributed by atoms with Crippen molar-refractivity contribution >= 4 is 21.9 Å². The number of hydrogen-bond donors (Lipinski definition) is 2. The first-order chi connectivity index (χ1) is 7.45. The smallest absolute Gasteiger partial charge is 0.306 e. The fourth-order valence-corrected chi connectivity index (χ4v) is 1.87. The minimum absolute atomic E-state index is 0.0492. The molecule has 1 atom stereocenters. The van der Waals surface area contributed by atoms with Crippen LogP contribution in [-0.4, -0.2) is 23.3 Å². The number of hydrogen-bond acceptors (Lipinski definition) is 3. The molecule has 0 amide bonds. The third-order valence-electron chi connectivity index (χ3n) is 2.30. The molecule has 1 unspecified atom stereocenters. The molecule has 1 aromatic carbocycles. The van der Waals surface area contributed by atoms with Crippen molar-refractivity contribution in [2.24, 2.45) is 5.92 Å². The molecule has 5 heteroatoms. The van der Waals surface area contributed by atoms with E-state index in [0.717, 1.165) is 0 Å². The minimum Gasteiger partial charge on any atom is -0.508 e. The second-order valence-corrected chi connectivity index (χ2v) is 4.41. The van der Waals surface area contributed by atoms with Crippen molar-refractivity contribution in [1.29, 1.82) is 0 Å². The number of carboxylic acid groups (broad SMARTS) is 1. The number of carboxylic acids is 1. The van der Waals surface area contributed by atoms with E-state index in [9.17, 15) is 9.90 Å². The van der Waals surface area contributed by atoms with Crippen LogP contribution in [0.25, 0.3) is 0 Å². The molecule has 0 heterocycles. The van der Waals surface area contributed by atoms with Gasteiger partial charge in [0.15, 0.2) is 0 Å². The van der Waals surface area contributed by atoms with Gasteiger partial charge in [-0.25, -0.2) is 0 Å². The van der Waals surface area contributed by atoms with Gasteiger partial charge < -0.3 is 14.9 Å². The largest absolute Gasteiger partial charge is 0.508 e. The Bertz CT molecular complexity index is 403. The van der Waals surface area contributed by atoms with Crippen LogP contribution in [-0.2, 0) is 11.2 Å². The predicted molar refractivity (Wildman–Crippen MR) is 62.9 cm³/mol. The lowest BCUT2D eigenvalue weighted by Crippen LogP contribution is -2.12. The van der Waals surface area contributed by atoms with Gasteiger partial charge in [0.2, 0.25) is 0 Å². The van der Waals surface area contributed by atoms with Crippen LogP contribution in [0.2, 0.25) is 0 Å². The molecular formula is C11H13BrO4. The van der Waals surface area contributed by atoms with Crippen molar-refractivity contribution in [3.05, 3.63) is 22.2 Å². The fraction of sp³-hybridized carbons (Fsp3) is 0.364. The summed E-state index contributed by atoms with van der Waals surface area (Å²) >= 11 is 3.28. The van der Waals surface area contributed by atoms with E-state index in [1.54, 1.807) is 13.0 Å². The van der Waals surface area contributed by atoms with Crippen LogP contribution in [0, 0.1) is 5.92 Å². The van der Waals surface area contributed by atoms with E-state index in [1.807, 2.05) is 0 Å². The van der Waals surface area contributed by atoms with Crippen LogP contribution < -0.4 is 4.74 Å². The van der Waals surface area contributed by atoms with Crippen LogP contribution in [0.1, 0.15) is 12.5 Å². The summed E-state index contributed by atoms with van der Waals surface area (Å²) < 4.78 is 5.70. The number of ether oxygens (including phenoxy) is 1. The first-order valence-electron chi connectivity index (χ1n) is 4.74. The van der Waals surface area contributed by atoms with Crippen LogP contribution >= 0.6 is 15.9 Å². The van der Waals surface area contributed by atoms with Gasteiger partial charge in [-0.05, 0) is 34.0 Å². The van der Waals surface area contributed by atoms with Crippen molar-refractivity contribution < 1.29 is 19.7 Å². The Hall–Kier alpha value is -1.23. The van der Waals surface area contributed by atoms with Crippen molar-refractivity contribution in [2.75, 3.05) is 7.11 Å². The van der Waals surface area contributed by atoms with E-state index < -0.39 is 11.9 Å². The quantitative estimate of drug-likeness (QED) is 0.893. The summed E-state index contributed by atoms with van der Waals surface area (Å²) in [4.78, 5) is 10.7. The van der Waals surface area contributed by atoms with Crippen LogP contribution in [0.4, 0.5) is 0 Å². The summed E-state index contributed by atoms with van der Waals surface area (Å²) in [6, 6.07) is 3.14. The maximum absolute atomic E-state index is 10.7. The molecule has 2 N–H and O–H groups in total. The second kappa shape index (κ2) is 5.21. The molecule has 0 aliphatic rings. The third kappa shape index (κ3) is 2.88. The van der Waals surface area contributed by atoms with Crippen molar-refractivity contribution in [3.63, 3.8) is 0 Å². The normalized spacial score (nSPS) is 12.2. The van der Waals surface area contributed by atoms with Gasteiger partial charge >= 0.3 is 5.97 Å². The van der Waals surface area contributed by atoms with Crippen molar-refractivity contribution in [2.45, 2.75) is 13.3 Å². The Kier molecular flexibility index (Phi) is 4.18. The molecule has 0 bridgehead atoms. The van der Waals surface area contributed by atoms with Gasteiger partial charge in [0, 0.05) is 6.07 Å². The van der Waals surface area contributed by atoms with E-state index in [0.29, 0.717) is 15.8 Å². The molecule has 0 spiro atoms. The molecule has 0 radical (unpaired) electrons. The molecule has 0 aromatic heterocycles. The zero-order valence-corrected chi connectivity index (χ0v) is 10.6. The average Bonchev–Trinajstić information content (AvgIpc) is 2.22. The Morgan fingerprint density at radius 2 is 2.19 bits per heavy atom. The molecular weight excluding hydrogens is 276 g/mol. The lowest BCUT2D eigenvalue weighted by Gasteiger charge is -2.11. The Balaban J connectivity index is 2.98. The highest BCUT2D eigenvalue weighted by Crippen LogP contribution is 2.33. The van der Waals surface area contributed by atoms with Crippen molar-refractivity contribution in [3.8, 4) is 11.5 Å². The molecule has 0 aliphatic carbocycles. The number of benzene rings is 1. The topological polar surface area (TPSA) is 66.8 Å². The monoisotopic (exact) mass is 288 g/mol. The highest BCUT2D eigenvalue weighted by molar-refractivity contribution is 9.10. The predicted octanol–water partition coefficient (Wildman–Crippen LogP) is 2.43. The van der Waals surface area contributed by atoms with Crippen LogP contribution in [0.3, 0.4) is 0 Å². The summed E-state index contributed by atoms with van der Waals surface area (Å²) in [5, 5.41) is 18.5. The number of halogens is 1. The number of methoxy groups -OCH3 is 1. The molecule has 1 aromatic rings. The van der Waals surface area contributed by atoms with E-state index in [4.69, 9.17) is 9.84 Å². The highest BCUT2D eigenvalue weighted by atomic mass is 79.9. The zero-order valence-electron chi connectivity index (χ0n) is 9.03. The lowest BCUT2D eigenvalue weighted by molar-refractivity contribution is -0.141. The van der Waals surface area contributed by atoms with E-state index in [1.165, 1.54) is 13.2 Å². The SMILES string of the molecule is COc1cc(O)c(CC(C)C(=O)O)cc1Br. The molecule has 0 fully saturated rings. The van der Waals surface area contributed by atoms with E-state index in [2.05, 4.69) is 15.9 Å². The molecule has 88 valence electrons. The zero-order chi connectivity index (χ0) is 12.3. The number of phenolic OH excluding ortho intramolecular Hbond substituents is 1. The first-order valence-corrected chi connectivity index (χ1v) is 5.53. The average molecular weight is 289 g/mol. The molecule has 0 saturated carbocycles. The highest BCUT2D eigenvalue weighted by Gasteiger charge is 2.15. The number of rotatable bonds is 4. The summed E-state index contributed by atoms with van der Waals surface area (Å²) in [5.41, 5.74) is 0.586. The molecule has 4 nitrogen and oxygen atoms in total. The number of phenols is 1. The lowest BCUT2D eigenvalue weighted by atomic mass is 10.0. The van der Waals surface area contributed by atoms with E-state index in [-0.39, 0.29) is 12.2 Å². The fourth-order valence-electron chi connectivity index (χ4n) is 1.32. The summed E-state index contributed by atoms with van der Waals surface area (Å²) in [6.45, 7) is 1.60. The molecule has 16 heavy (non-hydrogen) atoms. The van der Waals surface area contributed by atoms with Gasteiger partial charge in [0.1, 0.15) is 11.5 Å². The number of aliphatic carboxylic acids is 1. The third-order valence-corrected chi connectivity index (χ3v) is 2.92. The van der Waals surface area contributed by atoms with Gasteiger partial charge in [0.25, 0.3) is 0 Å². The summed E-state index contributed by atoms with van der Waals surface area (Å²) in [7, 11) is 1.50.